The van der Waals surface area contributed by atoms with Gasteiger partial charge in [-0.3, -0.25) is 4.98 Å². The lowest BCUT2D eigenvalue weighted by Crippen LogP contribution is -2.17. The third-order valence-corrected chi connectivity index (χ3v) is 2.82. The van der Waals surface area contributed by atoms with E-state index in [9.17, 15) is 0 Å². The molecule has 3 nitrogen and oxygen atoms in total. The standard InChI is InChI=1S/C15H13N3/c1-3-12(4-2)18-15-11(9-16)10-17-14-8-6-5-7-13(14)15/h1,5-8,10,12H,4H2,2H3,(H,17,18). The Morgan fingerprint density at radius 2 is 2.22 bits per heavy atom. The van der Waals surface area contributed by atoms with E-state index in [1.54, 1.807) is 6.20 Å². The molecule has 1 aromatic heterocycles. The monoisotopic (exact) mass is 235 g/mol. The van der Waals surface area contributed by atoms with Crippen LogP contribution in [0.25, 0.3) is 10.9 Å². The molecule has 1 atom stereocenters. The van der Waals surface area contributed by atoms with E-state index in [0.717, 1.165) is 23.0 Å². The molecule has 2 rings (SSSR count). The summed E-state index contributed by atoms with van der Waals surface area (Å²) in [6.07, 6.45) is 7.84. The highest BCUT2D eigenvalue weighted by Gasteiger charge is 2.11. The van der Waals surface area contributed by atoms with E-state index in [1.807, 2.05) is 31.2 Å². The molecule has 0 aliphatic heterocycles. The second-order valence-corrected chi connectivity index (χ2v) is 3.95. The molecule has 1 heterocycles. The Morgan fingerprint density at radius 1 is 1.44 bits per heavy atom. The number of hydrogen-bond acceptors (Lipinski definition) is 3. The van der Waals surface area contributed by atoms with E-state index < -0.39 is 0 Å². The first-order valence-electron chi connectivity index (χ1n) is 5.80. The zero-order valence-electron chi connectivity index (χ0n) is 10.1. The van der Waals surface area contributed by atoms with E-state index in [-0.39, 0.29) is 6.04 Å². The van der Waals surface area contributed by atoms with Gasteiger partial charge >= 0.3 is 0 Å². The van der Waals surface area contributed by atoms with Crippen LogP contribution in [0, 0.1) is 23.7 Å². The lowest BCUT2D eigenvalue weighted by atomic mass is 10.1. The minimum Gasteiger partial charge on any atom is -0.370 e. The van der Waals surface area contributed by atoms with Crippen LogP contribution in [0.4, 0.5) is 5.69 Å². The molecule has 1 N–H and O–H groups in total. The summed E-state index contributed by atoms with van der Waals surface area (Å²) in [6.45, 7) is 2.01. The van der Waals surface area contributed by atoms with E-state index in [4.69, 9.17) is 11.7 Å². The molecule has 0 saturated heterocycles. The van der Waals surface area contributed by atoms with Gasteiger partial charge < -0.3 is 5.32 Å². The molecule has 0 saturated carbocycles. The fourth-order valence-corrected chi connectivity index (χ4v) is 1.82. The van der Waals surface area contributed by atoms with Gasteiger partial charge in [0.05, 0.1) is 22.8 Å². The van der Waals surface area contributed by atoms with Crippen molar-refractivity contribution in [1.29, 1.82) is 5.26 Å². The average molecular weight is 235 g/mol. The van der Waals surface area contributed by atoms with Gasteiger partial charge in [0.25, 0.3) is 0 Å². The van der Waals surface area contributed by atoms with Crippen molar-refractivity contribution in [2.45, 2.75) is 19.4 Å². The largest absolute Gasteiger partial charge is 0.370 e. The van der Waals surface area contributed by atoms with Crippen LogP contribution in [0.3, 0.4) is 0 Å². The summed E-state index contributed by atoms with van der Waals surface area (Å²) in [5.74, 6) is 2.68. The lowest BCUT2D eigenvalue weighted by Gasteiger charge is -2.15. The highest BCUT2D eigenvalue weighted by Crippen LogP contribution is 2.26. The van der Waals surface area contributed by atoms with Crippen LogP contribution in [0.2, 0.25) is 0 Å². The number of hydrogen-bond donors (Lipinski definition) is 1. The van der Waals surface area contributed by atoms with E-state index in [0.29, 0.717) is 5.56 Å². The molecule has 88 valence electrons. The van der Waals surface area contributed by atoms with Gasteiger partial charge in [-0.05, 0) is 12.5 Å². The molecule has 18 heavy (non-hydrogen) atoms. The van der Waals surface area contributed by atoms with Crippen LogP contribution in [0.5, 0.6) is 0 Å². The quantitative estimate of drug-likeness (QED) is 0.832. The summed E-state index contributed by atoms with van der Waals surface area (Å²) < 4.78 is 0. The highest BCUT2D eigenvalue weighted by molar-refractivity contribution is 5.94. The molecule has 1 aromatic carbocycles. The minimum atomic E-state index is -0.0806. The summed E-state index contributed by atoms with van der Waals surface area (Å²) in [5, 5.41) is 13.3. The van der Waals surface area contributed by atoms with Gasteiger partial charge in [0.2, 0.25) is 0 Å². The van der Waals surface area contributed by atoms with E-state index >= 15 is 0 Å². The first-order valence-corrected chi connectivity index (χ1v) is 5.80. The lowest BCUT2D eigenvalue weighted by molar-refractivity contribution is 0.858. The van der Waals surface area contributed by atoms with Gasteiger partial charge in [-0.15, -0.1) is 6.42 Å². The van der Waals surface area contributed by atoms with Crippen LogP contribution in [-0.2, 0) is 0 Å². The van der Waals surface area contributed by atoms with Gasteiger partial charge in [0.15, 0.2) is 0 Å². The van der Waals surface area contributed by atoms with Gasteiger partial charge in [-0.1, -0.05) is 31.0 Å². The van der Waals surface area contributed by atoms with Gasteiger partial charge in [-0.25, -0.2) is 0 Å². The van der Waals surface area contributed by atoms with Crippen LogP contribution < -0.4 is 5.32 Å². The number of anilines is 1. The molecular weight excluding hydrogens is 222 g/mol. The second-order valence-electron chi connectivity index (χ2n) is 3.95. The van der Waals surface area contributed by atoms with Crippen molar-refractivity contribution in [3.05, 3.63) is 36.0 Å². The minimum absolute atomic E-state index is 0.0806. The normalized spacial score (nSPS) is 11.5. The maximum Gasteiger partial charge on any atom is 0.103 e. The fourth-order valence-electron chi connectivity index (χ4n) is 1.82. The number of terminal acetylenes is 1. The van der Waals surface area contributed by atoms with Gasteiger partial charge in [0, 0.05) is 11.6 Å². The topological polar surface area (TPSA) is 48.7 Å². The molecule has 2 aromatic rings. The number of nitriles is 1. The van der Waals surface area contributed by atoms with Crippen molar-refractivity contribution in [3.63, 3.8) is 0 Å². The molecule has 0 fully saturated rings. The summed E-state index contributed by atoms with van der Waals surface area (Å²) >= 11 is 0. The molecule has 0 bridgehead atoms. The van der Waals surface area contributed by atoms with E-state index in [1.165, 1.54) is 0 Å². The average Bonchev–Trinajstić information content (AvgIpc) is 2.44. The predicted octanol–water partition coefficient (Wildman–Crippen LogP) is 2.93. The van der Waals surface area contributed by atoms with Crippen molar-refractivity contribution in [2.24, 2.45) is 0 Å². The van der Waals surface area contributed by atoms with Crippen LogP contribution in [0.15, 0.2) is 30.5 Å². The third kappa shape index (κ3) is 2.12. The SMILES string of the molecule is C#CC(CC)Nc1c(C#N)cnc2ccccc12. The number of nitrogens with zero attached hydrogens (tertiary/aromatic N) is 2. The van der Waals surface area contributed by atoms with Crippen molar-refractivity contribution in [3.8, 4) is 18.4 Å². The zero-order valence-corrected chi connectivity index (χ0v) is 10.1. The Morgan fingerprint density at radius 3 is 2.89 bits per heavy atom. The Bertz CT molecular complexity index is 647. The summed E-state index contributed by atoms with van der Waals surface area (Å²) in [6, 6.07) is 9.77. The van der Waals surface area contributed by atoms with Crippen LogP contribution in [0.1, 0.15) is 18.9 Å². The molecule has 0 radical (unpaired) electrons. The Balaban J connectivity index is 2.59. The first-order chi connectivity index (χ1) is 8.80. The first kappa shape index (κ1) is 12.0. The molecule has 0 spiro atoms. The second kappa shape index (κ2) is 5.21. The number of fused-ring (bicyclic) bond motifs is 1. The number of pyridine rings is 1. The molecule has 0 aliphatic carbocycles. The zero-order chi connectivity index (χ0) is 13.0. The molecule has 1 unspecified atom stereocenters. The van der Waals surface area contributed by atoms with Crippen LogP contribution in [-0.4, -0.2) is 11.0 Å². The highest BCUT2D eigenvalue weighted by atomic mass is 14.9. The summed E-state index contributed by atoms with van der Waals surface area (Å²) in [5.41, 5.74) is 2.14. The van der Waals surface area contributed by atoms with Crippen molar-refractivity contribution >= 4 is 16.6 Å². The summed E-state index contributed by atoms with van der Waals surface area (Å²) in [4.78, 5) is 4.26. The van der Waals surface area contributed by atoms with Gasteiger partial charge in [-0.2, -0.15) is 5.26 Å². The fraction of sp³-hybridized carbons (Fsp3) is 0.200. The smallest absolute Gasteiger partial charge is 0.103 e. The maximum absolute atomic E-state index is 9.15. The number of nitrogens with one attached hydrogen (secondary N) is 1. The van der Waals surface area contributed by atoms with Crippen molar-refractivity contribution in [2.75, 3.05) is 5.32 Å². The predicted molar refractivity (Wildman–Crippen MR) is 73.0 cm³/mol. The summed E-state index contributed by atoms with van der Waals surface area (Å²) in [7, 11) is 0. The number of aromatic nitrogens is 1. The number of benzene rings is 1. The maximum atomic E-state index is 9.15. The molecular formula is C15H13N3. The number of para-hydroxylation sites is 1. The van der Waals surface area contributed by atoms with E-state index in [2.05, 4.69) is 22.3 Å². The number of rotatable bonds is 3. The Labute approximate surface area is 106 Å². The Hall–Kier alpha value is -2.52. The molecule has 3 heteroatoms. The molecule has 0 amide bonds. The van der Waals surface area contributed by atoms with Crippen molar-refractivity contribution in [1.82, 2.24) is 4.98 Å². The van der Waals surface area contributed by atoms with Crippen LogP contribution >= 0.6 is 0 Å². The van der Waals surface area contributed by atoms with Gasteiger partial charge in [0.1, 0.15) is 6.07 Å². The third-order valence-electron chi connectivity index (χ3n) is 2.82. The van der Waals surface area contributed by atoms with Crippen molar-refractivity contribution < 1.29 is 0 Å². The Kier molecular flexibility index (Phi) is 3.46. The molecule has 0 aliphatic rings.